The fourth-order valence-electron chi connectivity index (χ4n) is 2.22. The number of carbonyl (C=O) groups is 2. The van der Waals surface area contributed by atoms with Gasteiger partial charge in [-0.1, -0.05) is 29.8 Å². The molecule has 9 nitrogen and oxygen atoms in total. The van der Waals surface area contributed by atoms with Crippen LogP contribution in [0.5, 0.6) is 0 Å². The van der Waals surface area contributed by atoms with Crippen molar-refractivity contribution >= 4 is 45.8 Å². The number of hydrogen-bond acceptors (Lipinski definition) is 6. The largest absolute Gasteiger partial charge is 0.451 e. The van der Waals surface area contributed by atoms with Gasteiger partial charge < -0.3 is 10.1 Å². The van der Waals surface area contributed by atoms with Crippen LogP contribution >= 0.6 is 11.6 Å². The van der Waals surface area contributed by atoms with Crippen LogP contribution in [-0.2, 0) is 9.53 Å². The number of anilines is 1. The Kier molecular flexibility index (Phi) is 4.81. The Hall–Kier alpha value is -3.46. The van der Waals surface area contributed by atoms with Gasteiger partial charge in [-0.15, -0.1) is 0 Å². The number of aromatic amines is 1. The number of fused-ring (bicyclic) bond motifs is 1. The number of esters is 1. The zero-order chi connectivity index (χ0) is 18.7. The van der Waals surface area contributed by atoms with E-state index in [9.17, 15) is 19.7 Å². The van der Waals surface area contributed by atoms with E-state index in [-0.39, 0.29) is 22.1 Å². The maximum Gasteiger partial charge on any atom is 0.359 e. The van der Waals surface area contributed by atoms with Crippen LogP contribution < -0.4 is 5.32 Å². The number of nitrogens with one attached hydrogen (secondary N) is 2. The fraction of sp³-hybridized carbons (Fsp3) is 0.0625. The van der Waals surface area contributed by atoms with Crippen molar-refractivity contribution in [3.63, 3.8) is 0 Å². The number of carbonyl (C=O) groups excluding carboxylic acids is 2. The molecule has 0 fully saturated rings. The molecule has 0 saturated carbocycles. The van der Waals surface area contributed by atoms with Crippen LogP contribution in [0.1, 0.15) is 10.5 Å². The van der Waals surface area contributed by atoms with Gasteiger partial charge in [-0.05, 0) is 12.1 Å². The molecule has 1 heterocycles. The predicted molar refractivity (Wildman–Crippen MR) is 93.1 cm³/mol. The Labute approximate surface area is 151 Å². The minimum absolute atomic E-state index is 0.00262. The third-order valence-electron chi connectivity index (χ3n) is 3.44. The van der Waals surface area contributed by atoms with Crippen LogP contribution in [0.4, 0.5) is 11.4 Å². The van der Waals surface area contributed by atoms with Gasteiger partial charge in [-0.25, -0.2) is 4.79 Å². The van der Waals surface area contributed by atoms with E-state index in [0.29, 0.717) is 10.9 Å². The van der Waals surface area contributed by atoms with Gasteiger partial charge >= 0.3 is 5.97 Å². The summed E-state index contributed by atoms with van der Waals surface area (Å²) in [7, 11) is 0. The summed E-state index contributed by atoms with van der Waals surface area (Å²) >= 11 is 5.89. The summed E-state index contributed by atoms with van der Waals surface area (Å²) in [5, 5.41) is 20.2. The van der Waals surface area contributed by atoms with Crippen molar-refractivity contribution in [1.29, 1.82) is 0 Å². The molecular weight excluding hydrogens is 364 g/mol. The lowest BCUT2D eigenvalue weighted by atomic mass is 10.2. The molecule has 26 heavy (non-hydrogen) atoms. The van der Waals surface area contributed by atoms with Gasteiger partial charge in [0, 0.05) is 17.5 Å². The summed E-state index contributed by atoms with van der Waals surface area (Å²) in [6.07, 6.45) is 0. The summed E-state index contributed by atoms with van der Waals surface area (Å²) in [6, 6.07) is 10.6. The Morgan fingerprint density at radius 2 is 2.04 bits per heavy atom. The Bertz CT molecular complexity index is 1020. The lowest BCUT2D eigenvalue weighted by Crippen LogP contribution is -2.21. The molecule has 132 valence electrons. The second kappa shape index (κ2) is 7.19. The number of aromatic nitrogens is 2. The number of benzene rings is 2. The molecule has 10 heteroatoms. The number of nitro benzene ring substituents is 1. The van der Waals surface area contributed by atoms with Crippen LogP contribution in [0.3, 0.4) is 0 Å². The normalized spacial score (nSPS) is 10.5. The third-order valence-corrected chi connectivity index (χ3v) is 3.75. The van der Waals surface area contributed by atoms with E-state index in [1.165, 1.54) is 12.1 Å². The van der Waals surface area contributed by atoms with Gasteiger partial charge in [0.05, 0.1) is 21.2 Å². The van der Waals surface area contributed by atoms with Crippen LogP contribution in [0.15, 0.2) is 42.5 Å². The second-order valence-corrected chi connectivity index (χ2v) is 5.57. The number of nitrogens with zero attached hydrogens (tertiary/aromatic N) is 2. The molecule has 3 aromatic rings. The van der Waals surface area contributed by atoms with Crippen molar-refractivity contribution in [2.45, 2.75) is 0 Å². The number of ether oxygens (including phenoxy) is 1. The monoisotopic (exact) mass is 374 g/mol. The fourth-order valence-corrected chi connectivity index (χ4v) is 2.45. The number of H-pyrrole nitrogens is 1. The minimum atomic E-state index is -0.757. The predicted octanol–water partition coefficient (Wildman–Crippen LogP) is 2.92. The molecule has 0 atom stereocenters. The van der Waals surface area contributed by atoms with Gasteiger partial charge in [0.15, 0.2) is 12.3 Å². The van der Waals surface area contributed by atoms with Crippen molar-refractivity contribution < 1.29 is 19.2 Å². The first-order valence-corrected chi connectivity index (χ1v) is 7.67. The van der Waals surface area contributed by atoms with Crippen LogP contribution in [-0.4, -0.2) is 33.6 Å². The zero-order valence-corrected chi connectivity index (χ0v) is 13.8. The number of hydrogen-bond donors (Lipinski definition) is 2. The van der Waals surface area contributed by atoms with Gasteiger partial charge in [0.2, 0.25) is 0 Å². The first-order chi connectivity index (χ1) is 12.5. The number of amides is 1. The summed E-state index contributed by atoms with van der Waals surface area (Å²) in [5.74, 6) is -1.40. The maximum absolute atomic E-state index is 12.1. The molecule has 0 aliphatic rings. The van der Waals surface area contributed by atoms with Crippen molar-refractivity contribution in [3.05, 3.63) is 63.3 Å². The summed E-state index contributed by atoms with van der Waals surface area (Å²) in [5.41, 5.74) is 0.705. The minimum Gasteiger partial charge on any atom is -0.451 e. The van der Waals surface area contributed by atoms with Gasteiger partial charge in [-0.3, -0.25) is 20.0 Å². The summed E-state index contributed by atoms with van der Waals surface area (Å²) < 4.78 is 4.95. The smallest absolute Gasteiger partial charge is 0.359 e. The van der Waals surface area contributed by atoms with Crippen molar-refractivity contribution in [2.24, 2.45) is 0 Å². The third kappa shape index (κ3) is 3.62. The van der Waals surface area contributed by atoms with E-state index in [4.69, 9.17) is 16.3 Å². The zero-order valence-electron chi connectivity index (χ0n) is 13.1. The molecule has 0 unspecified atom stereocenters. The lowest BCUT2D eigenvalue weighted by molar-refractivity contribution is -0.384. The van der Waals surface area contributed by atoms with Gasteiger partial charge in [0.25, 0.3) is 11.6 Å². The van der Waals surface area contributed by atoms with Gasteiger partial charge in [-0.2, -0.15) is 5.10 Å². The number of non-ortho nitro benzene ring substituents is 1. The van der Waals surface area contributed by atoms with Crippen LogP contribution in [0.2, 0.25) is 5.02 Å². The summed E-state index contributed by atoms with van der Waals surface area (Å²) in [4.78, 5) is 34.0. The molecule has 1 aromatic heterocycles. The average Bonchev–Trinajstić information content (AvgIpc) is 3.05. The van der Waals surface area contributed by atoms with Gasteiger partial charge in [0.1, 0.15) is 0 Å². The average molecular weight is 375 g/mol. The Morgan fingerprint density at radius 3 is 2.77 bits per heavy atom. The summed E-state index contributed by atoms with van der Waals surface area (Å²) in [6.45, 7) is -0.562. The maximum atomic E-state index is 12.1. The molecule has 2 aromatic carbocycles. The first-order valence-electron chi connectivity index (χ1n) is 7.29. The molecular formula is C16H11ClN4O5. The Balaban J connectivity index is 1.62. The van der Waals surface area contributed by atoms with Crippen molar-refractivity contribution in [1.82, 2.24) is 10.2 Å². The SMILES string of the molecule is O=C(COC(=O)c1n[nH]c2ccccc12)Nc1ccc([N+](=O)[O-])cc1Cl. The quantitative estimate of drug-likeness (QED) is 0.401. The van der Waals surface area contributed by atoms with Crippen molar-refractivity contribution in [3.8, 4) is 0 Å². The van der Waals surface area contributed by atoms with E-state index < -0.39 is 23.4 Å². The molecule has 0 saturated heterocycles. The molecule has 1 amide bonds. The molecule has 0 spiro atoms. The molecule has 0 aliphatic carbocycles. The van der Waals surface area contributed by atoms with E-state index in [2.05, 4.69) is 15.5 Å². The van der Waals surface area contributed by atoms with E-state index >= 15 is 0 Å². The van der Waals surface area contributed by atoms with Crippen LogP contribution in [0, 0.1) is 10.1 Å². The second-order valence-electron chi connectivity index (χ2n) is 5.16. The lowest BCUT2D eigenvalue weighted by Gasteiger charge is -2.07. The number of halogens is 1. The highest BCUT2D eigenvalue weighted by molar-refractivity contribution is 6.34. The van der Waals surface area contributed by atoms with E-state index in [1.54, 1.807) is 24.3 Å². The molecule has 0 radical (unpaired) electrons. The Morgan fingerprint density at radius 1 is 1.27 bits per heavy atom. The number of rotatable bonds is 5. The number of nitro groups is 1. The number of para-hydroxylation sites is 1. The van der Waals surface area contributed by atoms with Crippen molar-refractivity contribution in [2.75, 3.05) is 11.9 Å². The molecule has 0 aliphatic heterocycles. The topological polar surface area (TPSA) is 127 Å². The highest BCUT2D eigenvalue weighted by Gasteiger charge is 2.17. The van der Waals surface area contributed by atoms with E-state index in [0.717, 1.165) is 6.07 Å². The highest BCUT2D eigenvalue weighted by atomic mass is 35.5. The van der Waals surface area contributed by atoms with Crippen LogP contribution in [0.25, 0.3) is 10.9 Å². The van der Waals surface area contributed by atoms with E-state index in [1.807, 2.05) is 0 Å². The molecule has 0 bridgehead atoms. The molecule has 2 N–H and O–H groups in total. The standard InChI is InChI=1S/C16H11ClN4O5/c17-11-7-9(21(24)25)5-6-13(11)18-14(22)8-26-16(23)15-10-3-1-2-4-12(10)19-20-15/h1-7H,8H2,(H,18,22)(H,19,20). The highest BCUT2D eigenvalue weighted by Crippen LogP contribution is 2.26. The first kappa shape index (κ1) is 17.4. The molecule has 3 rings (SSSR count).